The highest BCUT2D eigenvalue weighted by Gasteiger charge is 2.17. The van der Waals surface area contributed by atoms with Crippen molar-refractivity contribution in [3.8, 4) is 11.3 Å². The number of anilines is 2. The van der Waals surface area contributed by atoms with Crippen LogP contribution in [0.15, 0.2) is 51.7 Å². The summed E-state index contributed by atoms with van der Waals surface area (Å²) in [6.45, 7) is 1.72. The van der Waals surface area contributed by atoms with E-state index in [4.69, 9.17) is 5.73 Å². The van der Waals surface area contributed by atoms with Crippen molar-refractivity contribution in [2.75, 3.05) is 11.1 Å². The molecule has 2 aromatic heterocycles. The normalized spacial score (nSPS) is 11.9. The van der Waals surface area contributed by atoms with Crippen LogP contribution in [0.25, 0.3) is 11.3 Å². The Bertz CT molecular complexity index is 939. The summed E-state index contributed by atoms with van der Waals surface area (Å²) in [5, 5.41) is 5.01. The summed E-state index contributed by atoms with van der Waals surface area (Å²) < 4.78 is 0. The number of H-pyrrole nitrogens is 1. The van der Waals surface area contributed by atoms with Crippen molar-refractivity contribution in [1.29, 1.82) is 0 Å². The maximum atomic E-state index is 12.3. The van der Waals surface area contributed by atoms with Gasteiger partial charge in [0.1, 0.15) is 5.82 Å². The Morgan fingerprint density at radius 2 is 2.08 bits per heavy atom. The fourth-order valence-corrected chi connectivity index (χ4v) is 3.55. The number of nitrogens with two attached hydrogens (primary N) is 1. The quantitative estimate of drug-likeness (QED) is 0.468. The van der Waals surface area contributed by atoms with Crippen molar-refractivity contribution < 1.29 is 4.79 Å². The van der Waals surface area contributed by atoms with Crippen LogP contribution in [0, 0.1) is 0 Å². The van der Waals surface area contributed by atoms with Gasteiger partial charge in [-0.3, -0.25) is 9.59 Å². The molecule has 1 aromatic carbocycles. The maximum absolute atomic E-state index is 12.3. The highest BCUT2D eigenvalue weighted by molar-refractivity contribution is 8.00. The number of rotatable bonds is 5. The number of amides is 1. The molecule has 0 aliphatic heterocycles. The zero-order valence-electron chi connectivity index (χ0n) is 13.2. The molecule has 0 fully saturated rings. The molecule has 2 heterocycles. The van der Waals surface area contributed by atoms with E-state index < -0.39 is 5.25 Å². The van der Waals surface area contributed by atoms with Crippen LogP contribution < -0.4 is 16.6 Å². The minimum Gasteiger partial charge on any atom is -0.383 e. The monoisotopic (exact) mass is 373 g/mol. The first-order valence-electron chi connectivity index (χ1n) is 7.36. The first-order chi connectivity index (χ1) is 12.0. The molecule has 9 heteroatoms. The molecule has 3 aromatic rings. The Labute approximate surface area is 151 Å². The molecule has 0 saturated carbocycles. The van der Waals surface area contributed by atoms with E-state index >= 15 is 0 Å². The van der Waals surface area contributed by atoms with Crippen molar-refractivity contribution in [2.45, 2.75) is 17.3 Å². The first-order valence-corrected chi connectivity index (χ1v) is 9.12. The average Bonchev–Trinajstić information content (AvgIpc) is 3.03. The third-order valence-electron chi connectivity index (χ3n) is 3.20. The summed E-state index contributed by atoms with van der Waals surface area (Å²) in [7, 11) is 0. The SMILES string of the molecule is CC(Sc1nc(N)cc(=O)[nH]1)C(=O)Nc1nc(-c2ccccc2)cs1. The van der Waals surface area contributed by atoms with Crippen LogP contribution in [0.1, 0.15) is 6.92 Å². The Morgan fingerprint density at radius 1 is 1.32 bits per heavy atom. The third kappa shape index (κ3) is 4.46. The number of hydrogen-bond acceptors (Lipinski definition) is 7. The summed E-state index contributed by atoms with van der Waals surface area (Å²) >= 11 is 2.48. The highest BCUT2D eigenvalue weighted by Crippen LogP contribution is 2.26. The van der Waals surface area contributed by atoms with E-state index in [1.165, 1.54) is 17.4 Å². The van der Waals surface area contributed by atoms with E-state index in [1.807, 2.05) is 35.7 Å². The first kappa shape index (κ1) is 17.2. The van der Waals surface area contributed by atoms with E-state index in [-0.39, 0.29) is 17.3 Å². The van der Waals surface area contributed by atoms with Crippen LogP contribution in [0.5, 0.6) is 0 Å². The molecule has 0 bridgehead atoms. The number of benzene rings is 1. The van der Waals surface area contributed by atoms with Gasteiger partial charge in [0.25, 0.3) is 5.56 Å². The van der Waals surface area contributed by atoms with E-state index in [1.54, 1.807) is 6.92 Å². The fraction of sp³-hybridized carbons (Fsp3) is 0.125. The van der Waals surface area contributed by atoms with Crippen molar-refractivity contribution in [3.63, 3.8) is 0 Å². The predicted octanol–water partition coefficient (Wildman–Crippen LogP) is 2.59. The van der Waals surface area contributed by atoms with Gasteiger partial charge >= 0.3 is 0 Å². The second kappa shape index (κ2) is 7.49. The van der Waals surface area contributed by atoms with Crippen LogP contribution in [-0.4, -0.2) is 26.1 Å². The fourth-order valence-electron chi connectivity index (χ4n) is 2.01. The van der Waals surface area contributed by atoms with Crippen LogP contribution in [0.4, 0.5) is 10.9 Å². The zero-order valence-corrected chi connectivity index (χ0v) is 14.9. The van der Waals surface area contributed by atoms with Gasteiger partial charge in [-0.25, -0.2) is 9.97 Å². The molecule has 1 atom stereocenters. The molecular weight excluding hydrogens is 358 g/mol. The summed E-state index contributed by atoms with van der Waals surface area (Å²) in [6.07, 6.45) is 0. The molecule has 0 saturated heterocycles. The summed E-state index contributed by atoms with van der Waals surface area (Å²) in [5.74, 6) is -0.115. The molecule has 0 spiro atoms. The maximum Gasteiger partial charge on any atom is 0.253 e. The van der Waals surface area contributed by atoms with Crippen LogP contribution in [-0.2, 0) is 4.79 Å². The number of carbonyl (C=O) groups excluding carboxylic acids is 1. The zero-order chi connectivity index (χ0) is 17.8. The lowest BCUT2D eigenvalue weighted by Gasteiger charge is -2.09. The Hall–Kier alpha value is -2.65. The lowest BCUT2D eigenvalue weighted by molar-refractivity contribution is -0.115. The van der Waals surface area contributed by atoms with Crippen LogP contribution in [0.3, 0.4) is 0 Å². The van der Waals surface area contributed by atoms with Gasteiger partial charge in [-0.05, 0) is 6.92 Å². The minimum absolute atomic E-state index is 0.117. The van der Waals surface area contributed by atoms with Crippen molar-refractivity contribution >= 4 is 40.0 Å². The molecule has 0 aliphatic carbocycles. The van der Waals surface area contributed by atoms with Gasteiger partial charge in [-0.15, -0.1) is 11.3 Å². The number of carbonyl (C=O) groups is 1. The smallest absolute Gasteiger partial charge is 0.253 e. The molecule has 1 unspecified atom stereocenters. The summed E-state index contributed by atoms with van der Waals surface area (Å²) in [5.41, 5.74) is 6.99. The standard InChI is InChI=1S/C16H15N5O2S2/c1-9(25-16-19-12(17)7-13(22)20-16)14(23)21-15-18-11(8-24-15)10-5-3-2-4-6-10/h2-9H,1H3,(H,18,21,23)(H3,17,19,20,22). The van der Waals surface area contributed by atoms with E-state index in [2.05, 4.69) is 20.3 Å². The molecule has 7 nitrogen and oxygen atoms in total. The van der Waals surface area contributed by atoms with Crippen LogP contribution >= 0.6 is 23.1 Å². The van der Waals surface area contributed by atoms with Gasteiger partial charge in [-0.1, -0.05) is 42.1 Å². The molecule has 0 aliphatic rings. The van der Waals surface area contributed by atoms with Gasteiger partial charge < -0.3 is 16.0 Å². The molecule has 1 amide bonds. The van der Waals surface area contributed by atoms with Crippen molar-refractivity contribution in [1.82, 2.24) is 15.0 Å². The third-order valence-corrected chi connectivity index (χ3v) is 4.94. The molecule has 128 valence electrons. The molecular formula is C16H15N5O2S2. The van der Waals surface area contributed by atoms with Gasteiger partial charge in [-0.2, -0.15) is 0 Å². The van der Waals surface area contributed by atoms with Gasteiger partial charge in [0.15, 0.2) is 10.3 Å². The van der Waals surface area contributed by atoms with E-state index in [9.17, 15) is 9.59 Å². The predicted molar refractivity (Wildman–Crippen MR) is 101 cm³/mol. The van der Waals surface area contributed by atoms with E-state index in [0.29, 0.717) is 10.3 Å². The second-order valence-electron chi connectivity index (χ2n) is 5.13. The Kier molecular flexibility index (Phi) is 5.15. The van der Waals surface area contributed by atoms with Crippen LogP contribution in [0.2, 0.25) is 0 Å². The lowest BCUT2D eigenvalue weighted by Crippen LogP contribution is -2.23. The highest BCUT2D eigenvalue weighted by atomic mass is 32.2. The molecule has 4 N–H and O–H groups in total. The second-order valence-corrected chi connectivity index (χ2v) is 7.32. The average molecular weight is 373 g/mol. The largest absolute Gasteiger partial charge is 0.383 e. The Balaban J connectivity index is 1.65. The number of thioether (sulfide) groups is 1. The number of aromatic amines is 1. The molecule has 0 radical (unpaired) electrons. The summed E-state index contributed by atoms with van der Waals surface area (Å²) in [4.78, 5) is 34.7. The molecule has 25 heavy (non-hydrogen) atoms. The van der Waals surface area contributed by atoms with Gasteiger partial charge in [0.2, 0.25) is 5.91 Å². The van der Waals surface area contributed by atoms with Crippen molar-refractivity contribution in [2.24, 2.45) is 0 Å². The molecule has 3 rings (SSSR count). The summed E-state index contributed by atoms with van der Waals surface area (Å²) in [6, 6.07) is 10.9. The number of nitrogens with one attached hydrogen (secondary N) is 2. The topological polar surface area (TPSA) is 114 Å². The van der Waals surface area contributed by atoms with Gasteiger partial charge in [0, 0.05) is 17.0 Å². The minimum atomic E-state index is -0.478. The number of nitrogen functional groups attached to an aromatic ring is 1. The van der Waals surface area contributed by atoms with Crippen molar-refractivity contribution in [3.05, 3.63) is 52.1 Å². The van der Waals surface area contributed by atoms with E-state index in [0.717, 1.165) is 23.0 Å². The number of aromatic nitrogens is 3. The number of nitrogens with zero attached hydrogens (tertiary/aromatic N) is 2. The number of thiazole rings is 1. The Morgan fingerprint density at radius 3 is 2.80 bits per heavy atom. The van der Waals surface area contributed by atoms with Gasteiger partial charge in [0.05, 0.1) is 10.9 Å². The lowest BCUT2D eigenvalue weighted by atomic mass is 10.2. The number of hydrogen-bond donors (Lipinski definition) is 3.